The van der Waals surface area contributed by atoms with Crippen LogP contribution in [0.1, 0.15) is 48.2 Å². The van der Waals surface area contributed by atoms with Gasteiger partial charge in [-0.25, -0.2) is 15.0 Å². The Morgan fingerprint density at radius 2 is 2.09 bits per heavy atom. The molecule has 1 saturated heterocycles. The first-order valence-corrected chi connectivity index (χ1v) is 11.5. The molecular formula is C26H27N7O. The lowest BCUT2D eigenvalue weighted by molar-refractivity contribution is 0.135. The van der Waals surface area contributed by atoms with Gasteiger partial charge in [0, 0.05) is 29.2 Å². The molecule has 1 aliphatic heterocycles. The van der Waals surface area contributed by atoms with Crippen LogP contribution in [0.4, 0.5) is 11.5 Å². The van der Waals surface area contributed by atoms with E-state index in [-0.39, 0.29) is 6.04 Å². The molecule has 0 bridgehead atoms. The summed E-state index contributed by atoms with van der Waals surface area (Å²) in [5, 5.41) is 13.4. The van der Waals surface area contributed by atoms with Crippen LogP contribution in [-0.2, 0) is 6.54 Å². The van der Waals surface area contributed by atoms with Gasteiger partial charge in [0.25, 0.3) is 0 Å². The van der Waals surface area contributed by atoms with Gasteiger partial charge in [-0.1, -0.05) is 6.42 Å². The fourth-order valence-electron chi connectivity index (χ4n) is 4.62. The molecule has 0 amide bonds. The number of aromatic nitrogens is 4. The van der Waals surface area contributed by atoms with Crippen LogP contribution in [0.3, 0.4) is 0 Å². The number of H-pyrrole nitrogens is 1. The molecule has 1 aliphatic rings. The molecule has 34 heavy (non-hydrogen) atoms. The second-order valence-corrected chi connectivity index (χ2v) is 8.62. The Kier molecular flexibility index (Phi) is 6.11. The Morgan fingerprint density at radius 1 is 1.18 bits per heavy atom. The smallest absolute Gasteiger partial charge is 0.140 e. The van der Waals surface area contributed by atoms with E-state index in [2.05, 4.69) is 43.4 Å². The van der Waals surface area contributed by atoms with Crippen LogP contribution in [0.25, 0.3) is 10.9 Å². The molecule has 2 N–H and O–H groups in total. The number of ether oxygens (including phenoxy) is 1. The molecule has 1 unspecified atom stereocenters. The van der Waals surface area contributed by atoms with Gasteiger partial charge in [0.1, 0.15) is 29.2 Å². The average Bonchev–Trinajstić information content (AvgIpc) is 3.26. The molecule has 4 heterocycles. The lowest BCUT2D eigenvalue weighted by Gasteiger charge is -2.35. The minimum absolute atomic E-state index is 0.219. The summed E-state index contributed by atoms with van der Waals surface area (Å²) in [4.78, 5) is 19.6. The molecule has 172 valence electrons. The monoisotopic (exact) mass is 453 g/mol. The Morgan fingerprint density at radius 3 is 2.88 bits per heavy atom. The van der Waals surface area contributed by atoms with E-state index in [9.17, 15) is 0 Å². The summed E-state index contributed by atoms with van der Waals surface area (Å²) in [5.41, 5.74) is 4.50. The second-order valence-electron chi connectivity index (χ2n) is 8.62. The molecule has 3 aromatic heterocycles. The third kappa shape index (κ3) is 4.70. The van der Waals surface area contributed by atoms with Crippen LogP contribution in [0.15, 0.2) is 48.7 Å². The lowest BCUT2D eigenvalue weighted by Crippen LogP contribution is -2.33. The van der Waals surface area contributed by atoms with E-state index >= 15 is 0 Å². The molecule has 0 radical (unpaired) electrons. The molecule has 5 rings (SSSR count). The highest BCUT2D eigenvalue weighted by atomic mass is 16.5. The molecule has 4 aromatic rings. The van der Waals surface area contributed by atoms with Gasteiger partial charge in [-0.15, -0.1) is 0 Å². The number of pyridine rings is 1. The van der Waals surface area contributed by atoms with Crippen molar-refractivity contribution in [2.24, 2.45) is 0 Å². The number of likely N-dealkylation sites (tertiary alicyclic amines) is 1. The maximum Gasteiger partial charge on any atom is 0.140 e. The number of rotatable bonds is 6. The summed E-state index contributed by atoms with van der Waals surface area (Å²) in [5.74, 6) is 2.32. The summed E-state index contributed by atoms with van der Waals surface area (Å²) < 4.78 is 5.37. The van der Waals surface area contributed by atoms with Crippen molar-refractivity contribution in [1.82, 2.24) is 24.8 Å². The molecular weight excluding hydrogens is 426 g/mol. The van der Waals surface area contributed by atoms with Crippen LogP contribution >= 0.6 is 0 Å². The van der Waals surface area contributed by atoms with Crippen molar-refractivity contribution in [3.8, 4) is 11.8 Å². The number of piperidine rings is 1. The van der Waals surface area contributed by atoms with E-state index < -0.39 is 0 Å². The number of hydrogen-bond donors (Lipinski definition) is 2. The Hall–Kier alpha value is -3.96. The summed E-state index contributed by atoms with van der Waals surface area (Å²) >= 11 is 0. The normalized spacial score (nSPS) is 16.3. The zero-order chi connectivity index (χ0) is 23.5. The van der Waals surface area contributed by atoms with Crippen molar-refractivity contribution >= 4 is 22.4 Å². The summed E-state index contributed by atoms with van der Waals surface area (Å²) in [6.45, 7) is 3.77. The number of benzene rings is 1. The van der Waals surface area contributed by atoms with Gasteiger partial charge in [-0.2, -0.15) is 5.26 Å². The van der Waals surface area contributed by atoms with Gasteiger partial charge in [0.05, 0.1) is 30.7 Å². The quantitative estimate of drug-likeness (QED) is 0.423. The Balaban J connectivity index is 1.38. The first kappa shape index (κ1) is 21.9. The molecule has 0 spiro atoms. The lowest BCUT2D eigenvalue weighted by atomic mass is 9.98. The van der Waals surface area contributed by atoms with Crippen LogP contribution in [0.5, 0.6) is 5.75 Å². The SMILES string of the molecule is COc1ccc2[nH]c(CN3CCCCC3c3cc(Nc4ccc(C#N)nc4)nc(C)n3)cc2c1. The fourth-order valence-corrected chi connectivity index (χ4v) is 4.62. The number of methoxy groups -OCH3 is 1. The van der Waals surface area contributed by atoms with E-state index in [4.69, 9.17) is 15.0 Å². The largest absolute Gasteiger partial charge is 0.497 e. The summed E-state index contributed by atoms with van der Waals surface area (Å²) in [6.07, 6.45) is 5.06. The van der Waals surface area contributed by atoms with Gasteiger partial charge in [0.15, 0.2) is 0 Å². The number of hydrogen-bond acceptors (Lipinski definition) is 7. The number of aromatic amines is 1. The van der Waals surface area contributed by atoms with Gasteiger partial charge in [0.2, 0.25) is 0 Å². The molecule has 1 aromatic carbocycles. The maximum absolute atomic E-state index is 8.96. The van der Waals surface area contributed by atoms with E-state index in [1.165, 1.54) is 18.5 Å². The molecule has 0 aliphatic carbocycles. The average molecular weight is 454 g/mol. The second kappa shape index (κ2) is 9.49. The third-order valence-electron chi connectivity index (χ3n) is 6.22. The highest BCUT2D eigenvalue weighted by Gasteiger charge is 2.26. The van der Waals surface area contributed by atoms with Gasteiger partial charge < -0.3 is 15.0 Å². The molecule has 0 saturated carbocycles. The van der Waals surface area contributed by atoms with Crippen molar-refractivity contribution < 1.29 is 4.74 Å². The van der Waals surface area contributed by atoms with Crippen molar-refractivity contribution in [3.63, 3.8) is 0 Å². The van der Waals surface area contributed by atoms with Gasteiger partial charge in [-0.05, 0) is 62.7 Å². The molecule has 8 heteroatoms. The predicted octanol–water partition coefficient (Wildman–Crippen LogP) is 5.01. The minimum atomic E-state index is 0.219. The first-order chi connectivity index (χ1) is 16.6. The molecule has 1 fully saturated rings. The number of anilines is 2. The van der Waals surface area contributed by atoms with Gasteiger partial charge >= 0.3 is 0 Å². The Labute approximate surface area is 198 Å². The number of nitrogens with zero attached hydrogens (tertiary/aromatic N) is 5. The highest BCUT2D eigenvalue weighted by molar-refractivity contribution is 5.81. The first-order valence-electron chi connectivity index (χ1n) is 11.5. The van der Waals surface area contributed by atoms with E-state index in [1.807, 2.05) is 31.2 Å². The maximum atomic E-state index is 8.96. The Bertz CT molecular complexity index is 1340. The van der Waals surface area contributed by atoms with Crippen LogP contribution < -0.4 is 10.1 Å². The number of aryl methyl sites for hydroxylation is 1. The minimum Gasteiger partial charge on any atom is -0.497 e. The molecule has 8 nitrogen and oxygen atoms in total. The van der Waals surface area contributed by atoms with E-state index in [1.54, 1.807) is 19.4 Å². The standard InChI is InChI=1S/C26H27N7O/c1-17-29-24(13-26(30-17)32-20-7-6-19(14-27)28-15-20)25-5-3-4-10-33(25)16-21-11-18-12-22(34-2)8-9-23(18)31-21/h6-9,11-13,15,25,31H,3-5,10,16H2,1-2H3,(H,29,30,32). The van der Waals surface area contributed by atoms with Crippen molar-refractivity contribution in [3.05, 3.63) is 71.6 Å². The van der Waals surface area contributed by atoms with Crippen LogP contribution in [0.2, 0.25) is 0 Å². The van der Waals surface area contributed by atoms with E-state index in [0.29, 0.717) is 5.69 Å². The number of fused-ring (bicyclic) bond motifs is 1. The summed E-state index contributed by atoms with van der Waals surface area (Å²) in [6, 6.07) is 16.1. The zero-order valence-electron chi connectivity index (χ0n) is 19.4. The van der Waals surface area contributed by atoms with Crippen LogP contribution in [-0.4, -0.2) is 38.5 Å². The van der Waals surface area contributed by atoms with Gasteiger partial charge in [-0.3, -0.25) is 4.90 Å². The molecule has 1 atom stereocenters. The topological polar surface area (TPSA) is 103 Å². The van der Waals surface area contributed by atoms with Crippen molar-refractivity contribution in [2.75, 3.05) is 19.0 Å². The van der Waals surface area contributed by atoms with Crippen LogP contribution in [0, 0.1) is 18.3 Å². The fraction of sp³-hybridized carbons (Fsp3) is 0.308. The predicted molar refractivity (Wildman–Crippen MR) is 131 cm³/mol. The number of nitriles is 1. The van der Waals surface area contributed by atoms with E-state index in [0.717, 1.165) is 59.2 Å². The number of nitrogens with one attached hydrogen (secondary N) is 2. The third-order valence-corrected chi connectivity index (χ3v) is 6.22. The summed E-state index contributed by atoms with van der Waals surface area (Å²) in [7, 11) is 1.69. The van der Waals surface area contributed by atoms with Crippen molar-refractivity contribution in [2.45, 2.75) is 38.8 Å². The highest BCUT2D eigenvalue weighted by Crippen LogP contribution is 2.33. The van der Waals surface area contributed by atoms with Crippen molar-refractivity contribution in [1.29, 1.82) is 5.26 Å². The zero-order valence-corrected chi connectivity index (χ0v) is 19.4.